The molecule has 1 aromatic carbocycles. The number of aromatic nitrogens is 3. The molecule has 7 nitrogen and oxygen atoms in total. The molecular formula is C26H31N5O2. The first kappa shape index (κ1) is 21.6. The molecule has 0 saturated carbocycles. The van der Waals surface area contributed by atoms with E-state index in [1.54, 1.807) is 6.20 Å². The van der Waals surface area contributed by atoms with Gasteiger partial charge in [-0.15, -0.1) is 0 Å². The van der Waals surface area contributed by atoms with Gasteiger partial charge in [0.2, 0.25) is 5.91 Å². The van der Waals surface area contributed by atoms with Gasteiger partial charge in [-0.2, -0.15) is 0 Å². The van der Waals surface area contributed by atoms with E-state index in [0.717, 1.165) is 73.3 Å². The highest BCUT2D eigenvalue weighted by Crippen LogP contribution is 2.27. The molecular weight excluding hydrogens is 414 g/mol. The maximum Gasteiger partial charge on any atom is 0.257 e. The summed E-state index contributed by atoms with van der Waals surface area (Å²) in [6, 6.07) is 8.07. The van der Waals surface area contributed by atoms with Gasteiger partial charge in [0.05, 0.1) is 17.7 Å². The zero-order valence-corrected chi connectivity index (χ0v) is 19.2. The fourth-order valence-electron chi connectivity index (χ4n) is 5.13. The molecule has 172 valence electrons. The zero-order chi connectivity index (χ0) is 22.8. The van der Waals surface area contributed by atoms with Crippen molar-refractivity contribution in [3.63, 3.8) is 0 Å². The summed E-state index contributed by atoms with van der Waals surface area (Å²) < 4.78 is 0. The number of hydrogen-bond donors (Lipinski definition) is 1. The number of benzene rings is 1. The van der Waals surface area contributed by atoms with Crippen LogP contribution in [0.3, 0.4) is 0 Å². The molecule has 2 aliphatic heterocycles. The summed E-state index contributed by atoms with van der Waals surface area (Å²) in [5.41, 5.74) is 3.42. The maximum absolute atomic E-state index is 13.1. The van der Waals surface area contributed by atoms with E-state index in [2.05, 4.69) is 16.0 Å². The van der Waals surface area contributed by atoms with Gasteiger partial charge in [-0.1, -0.05) is 18.2 Å². The van der Waals surface area contributed by atoms with E-state index in [1.807, 2.05) is 41.1 Å². The predicted octanol–water partition coefficient (Wildman–Crippen LogP) is 3.84. The molecule has 3 aromatic rings. The Hall–Kier alpha value is -3.22. The van der Waals surface area contributed by atoms with E-state index in [9.17, 15) is 9.59 Å². The molecule has 0 aliphatic carbocycles. The Bertz CT molecular complexity index is 1160. The summed E-state index contributed by atoms with van der Waals surface area (Å²) >= 11 is 0. The average Bonchev–Trinajstić information content (AvgIpc) is 3.27. The third-order valence-electron chi connectivity index (χ3n) is 7.03. The summed E-state index contributed by atoms with van der Waals surface area (Å²) in [4.78, 5) is 42.4. The van der Waals surface area contributed by atoms with Crippen LogP contribution in [-0.2, 0) is 11.2 Å². The van der Waals surface area contributed by atoms with Crippen molar-refractivity contribution in [3.8, 4) is 0 Å². The first-order chi connectivity index (χ1) is 16.1. The van der Waals surface area contributed by atoms with Crippen LogP contribution in [0.4, 0.5) is 0 Å². The Labute approximate surface area is 194 Å². The van der Waals surface area contributed by atoms with E-state index in [-0.39, 0.29) is 17.7 Å². The van der Waals surface area contributed by atoms with Crippen LogP contribution in [0.1, 0.15) is 65.5 Å². The molecule has 5 rings (SSSR count). The molecule has 0 radical (unpaired) electrons. The van der Waals surface area contributed by atoms with Gasteiger partial charge in [0.15, 0.2) is 0 Å². The number of nitrogens with zero attached hydrogens (tertiary/aromatic N) is 4. The first-order valence-electron chi connectivity index (χ1n) is 12.1. The fourth-order valence-corrected chi connectivity index (χ4v) is 5.13. The van der Waals surface area contributed by atoms with E-state index in [0.29, 0.717) is 18.5 Å². The second-order valence-corrected chi connectivity index (χ2v) is 9.30. The fraction of sp³-hybridized carbons (Fsp3) is 0.462. The monoisotopic (exact) mass is 445 g/mol. The molecule has 2 aromatic heterocycles. The summed E-state index contributed by atoms with van der Waals surface area (Å²) in [6.07, 6.45) is 9.23. The van der Waals surface area contributed by atoms with Gasteiger partial charge in [-0.25, -0.2) is 9.97 Å². The summed E-state index contributed by atoms with van der Waals surface area (Å²) in [6.45, 7) is 4.92. The van der Waals surface area contributed by atoms with E-state index < -0.39 is 0 Å². The number of H-pyrrole nitrogens is 1. The lowest BCUT2D eigenvalue weighted by Gasteiger charge is -2.32. The lowest BCUT2D eigenvalue weighted by atomic mass is 9.96. The van der Waals surface area contributed by atoms with Crippen LogP contribution in [-0.4, -0.2) is 62.7 Å². The zero-order valence-electron chi connectivity index (χ0n) is 19.2. The highest BCUT2D eigenvalue weighted by molar-refractivity contribution is 5.95. The summed E-state index contributed by atoms with van der Waals surface area (Å²) in [7, 11) is 0. The minimum Gasteiger partial charge on any atom is -0.361 e. The third-order valence-corrected chi connectivity index (χ3v) is 7.03. The molecule has 4 heterocycles. The van der Waals surface area contributed by atoms with Gasteiger partial charge in [-0.05, 0) is 50.7 Å². The molecule has 2 aliphatic rings. The first-order valence-corrected chi connectivity index (χ1v) is 12.1. The Balaban J connectivity index is 1.27. The van der Waals surface area contributed by atoms with Crippen molar-refractivity contribution in [1.29, 1.82) is 0 Å². The number of carbonyl (C=O) groups is 2. The van der Waals surface area contributed by atoms with Crippen molar-refractivity contribution in [2.75, 3.05) is 26.2 Å². The minimum absolute atomic E-state index is 0.0397. The number of nitrogens with one attached hydrogen (secondary N) is 1. The second-order valence-electron chi connectivity index (χ2n) is 9.30. The standard InChI is InChI=1S/C26H31N5O2/c1-18-22(26(33)30-11-5-2-6-12-30)16-28-25(29-18)19-8-7-13-31(17-19)24(32)14-20-15-27-23-10-4-3-9-21(20)23/h3-4,9-10,15-16,19,27H,2,5-8,11-14,17H2,1H3/t19-/m0/s1. The lowest BCUT2D eigenvalue weighted by molar-refractivity contribution is -0.131. The Morgan fingerprint density at radius 2 is 1.85 bits per heavy atom. The predicted molar refractivity (Wildman–Crippen MR) is 127 cm³/mol. The van der Waals surface area contributed by atoms with Gasteiger partial charge >= 0.3 is 0 Å². The topological polar surface area (TPSA) is 82.2 Å². The molecule has 1 N–H and O–H groups in total. The van der Waals surface area contributed by atoms with Crippen molar-refractivity contribution in [2.45, 2.75) is 51.4 Å². The molecule has 2 amide bonds. The minimum atomic E-state index is 0.0397. The van der Waals surface area contributed by atoms with Crippen LogP contribution in [0.25, 0.3) is 10.9 Å². The Morgan fingerprint density at radius 1 is 1.06 bits per heavy atom. The highest BCUT2D eigenvalue weighted by Gasteiger charge is 2.28. The van der Waals surface area contributed by atoms with Gasteiger partial charge in [-0.3, -0.25) is 9.59 Å². The SMILES string of the molecule is Cc1nc([C@H]2CCCN(C(=O)Cc3c[nH]c4ccccc34)C2)ncc1C(=O)N1CCCCC1. The van der Waals surface area contributed by atoms with E-state index >= 15 is 0 Å². The van der Waals surface area contributed by atoms with Crippen LogP contribution in [0, 0.1) is 6.92 Å². The number of amides is 2. The molecule has 0 bridgehead atoms. The number of rotatable bonds is 4. The molecule has 7 heteroatoms. The van der Waals surface area contributed by atoms with Crippen molar-refractivity contribution < 1.29 is 9.59 Å². The number of carbonyl (C=O) groups excluding carboxylic acids is 2. The van der Waals surface area contributed by atoms with Crippen molar-refractivity contribution in [1.82, 2.24) is 24.8 Å². The number of fused-ring (bicyclic) bond motifs is 1. The van der Waals surface area contributed by atoms with E-state index in [4.69, 9.17) is 4.98 Å². The molecule has 1 atom stereocenters. The number of aromatic amines is 1. The van der Waals surface area contributed by atoms with Crippen LogP contribution >= 0.6 is 0 Å². The van der Waals surface area contributed by atoms with Crippen LogP contribution < -0.4 is 0 Å². The molecule has 33 heavy (non-hydrogen) atoms. The number of aryl methyl sites for hydroxylation is 1. The van der Waals surface area contributed by atoms with Crippen molar-refractivity contribution >= 4 is 22.7 Å². The van der Waals surface area contributed by atoms with Crippen molar-refractivity contribution in [2.24, 2.45) is 0 Å². The number of likely N-dealkylation sites (tertiary alicyclic amines) is 2. The molecule has 2 saturated heterocycles. The Kier molecular flexibility index (Phi) is 6.11. The maximum atomic E-state index is 13.1. The normalized spacial score (nSPS) is 19.1. The lowest BCUT2D eigenvalue weighted by Crippen LogP contribution is -2.40. The van der Waals surface area contributed by atoms with Crippen LogP contribution in [0.15, 0.2) is 36.7 Å². The van der Waals surface area contributed by atoms with Gasteiger partial charge < -0.3 is 14.8 Å². The largest absolute Gasteiger partial charge is 0.361 e. The van der Waals surface area contributed by atoms with Crippen LogP contribution in [0.5, 0.6) is 0 Å². The van der Waals surface area contributed by atoms with Crippen molar-refractivity contribution in [3.05, 3.63) is 59.3 Å². The van der Waals surface area contributed by atoms with Gasteiger partial charge in [0.25, 0.3) is 5.91 Å². The van der Waals surface area contributed by atoms with Gasteiger partial charge in [0.1, 0.15) is 5.82 Å². The second kappa shape index (κ2) is 9.33. The Morgan fingerprint density at radius 3 is 2.67 bits per heavy atom. The molecule has 0 spiro atoms. The quantitative estimate of drug-likeness (QED) is 0.662. The van der Waals surface area contributed by atoms with Gasteiger partial charge in [0, 0.05) is 55.4 Å². The number of para-hydroxylation sites is 1. The molecule has 0 unspecified atom stereocenters. The van der Waals surface area contributed by atoms with E-state index in [1.165, 1.54) is 6.42 Å². The summed E-state index contributed by atoms with van der Waals surface area (Å²) in [5, 5.41) is 1.10. The number of piperidine rings is 2. The third kappa shape index (κ3) is 4.49. The summed E-state index contributed by atoms with van der Waals surface area (Å²) in [5.74, 6) is 1.02. The number of hydrogen-bond acceptors (Lipinski definition) is 4. The molecule has 2 fully saturated rings. The average molecular weight is 446 g/mol. The van der Waals surface area contributed by atoms with Crippen LogP contribution in [0.2, 0.25) is 0 Å². The highest BCUT2D eigenvalue weighted by atomic mass is 16.2. The smallest absolute Gasteiger partial charge is 0.257 e.